The first-order chi connectivity index (χ1) is 10.9. The minimum Gasteiger partial charge on any atom is -0.217 e. The summed E-state index contributed by atoms with van der Waals surface area (Å²) in [5.74, 6) is -11.4. The van der Waals surface area contributed by atoms with Crippen LogP contribution in [0.2, 0.25) is 0 Å². The number of aromatic amines is 1. The number of rotatable bonds is 5. The highest BCUT2D eigenvalue weighted by Crippen LogP contribution is 2.47. The van der Waals surface area contributed by atoms with Crippen molar-refractivity contribution < 1.29 is 34.8 Å². The summed E-state index contributed by atoms with van der Waals surface area (Å²) in [6.07, 6.45) is -4.74. The van der Waals surface area contributed by atoms with Crippen LogP contribution in [-0.4, -0.2) is 36.2 Å². The Balaban J connectivity index is 2.61. The molecule has 1 aromatic heterocycles. The second kappa shape index (κ2) is 5.76. The Morgan fingerprint density at radius 1 is 1.04 bits per heavy atom. The van der Waals surface area contributed by atoms with E-state index in [9.17, 15) is 34.8 Å². The average molecular weight is 373 g/mol. The number of benzene rings is 1. The average Bonchev–Trinajstić information content (AvgIpc) is 2.98. The van der Waals surface area contributed by atoms with Crippen LogP contribution in [0.1, 0.15) is 11.3 Å². The van der Waals surface area contributed by atoms with Crippen LogP contribution in [0.5, 0.6) is 0 Å². The van der Waals surface area contributed by atoms with Gasteiger partial charge in [0.25, 0.3) is 0 Å². The highest BCUT2D eigenvalue weighted by molar-refractivity contribution is 7.91. The van der Waals surface area contributed by atoms with E-state index >= 15 is 0 Å². The molecule has 0 aliphatic rings. The molecule has 2 rings (SSSR count). The molecule has 1 N–H and O–H groups in total. The van der Waals surface area contributed by atoms with Gasteiger partial charge >= 0.3 is 18.3 Å². The lowest BCUT2D eigenvalue weighted by Crippen LogP contribution is -2.45. The second-order valence-electron chi connectivity index (χ2n) is 4.79. The van der Waals surface area contributed by atoms with E-state index in [2.05, 4.69) is 10.2 Å². The van der Waals surface area contributed by atoms with Crippen LogP contribution in [0.25, 0.3) is 0 Å². The van der Waals surface area contributed by atoms with Gasteiger partial charge in [0, 0.05) is 0 Å². The first-order valence-corrected chi connectivity index (χ1v) is 7.67. The van der Waals surface area contributed by atoms with Crippen molar-refractivity contribution in [2.45, 2.75) is 35.1 Å². The first-order valence-electron chi connectivity index (χ1n) is 6.19. The number of nitrogens with one attached hydrogen (secondary N) is 1. The number of sulfone groups is 1. The number of hydrogen-bond acceptors (Lipinski definition) is 4. The molecule has 0 atom stereocenters. The van der Waals surface area contributed by atoms with Gasteiger partial charge in [-0.3, -0.25) is 0 Å². The van der Waals surface area contributed by atoms with Gasteiger partial charge in [0.2, 0.25) is 14.9 Å². The Kier molecular flexibility index (Phi) is 4.37. The molecule has 0 aliphatic carbocycles. The van der Waals surface area contributed by atoms with E-state index in [1.165, 1.54) is 17.3 Å². The fourth-order valence-corrected chi connectivity index (χ4v) is 3.04. The third-order valence-corrected chi connectivity index (χ3v) is 4.78. The van der Waals surface area contributed by atoms with Gasteiger partial charge in [-0.05, 0) is 19.1 Å². The third-order valence-electron chi connectivity index (χ3n) is 3.09. The van der Waals surface area contributed by atoms with E-state index in [4.69, 9.17) is 0 Å². The Bertz CT molecular complexity index is 833. The fraction of sp³-hybridized carbons (Fsp3) is 0.333. The predicted octanol–water partition coefficient (Wildman–Crippen LogP) is 2.94. The molecule has 1 aromatic carbocycles. The summed E-state index contributed by atoms with van der Waals surface area (Å²) in [4.78, 5) is -0.528. The number of aromatic nitrogens is 3. The molecule has 0 unspecified atom stereocenters. The number of alkyl halides is 6. The van der Waals surface area contributed by atoms with Gasteiger partial charge in [0.05, 0.1) is 4.90 Å². The molecule has 0 bridgehead atoms. The van der Waals surface area contributed by atoms with Crippen molar-refractivity contribution in [3.63, 3.8) is 0 Å². The topological polar surface area (TPSA) is 75.7 Å². The van der Waals surface area contributed by atoms with E-state index in [1.807, 2.05) is 0 Å². The molecule has 0 fully saturated rings. The van der Waals surface area contributed by atoms with E-state index in [0.29, 0.717) is 5.56 Å². The number of H-pyrrole nitrogens is 1. The van der Waals surface area contributed by atoms with Gasteiger partial charge in [0.15, 0.2) is 5.69 Å². The monoisotopic (exact) mass is 373 g/mol. The van der Waals surface area contributed by atoms with E-state index in [-0.39, 0.29) is 0 Å². The molecule has 5 nitrogen and oxygen atoms in total. The lowest BCUT2D eigenvalue weighted by atomic mass is 10.1. The maximum absolute atomic E-state index is 13.8. The van der Waals surface area contributed by atoms with E-state index < -0.39 is 43.7 Å². The minimum atomic E-state index is -5.83. The van der Waals surface area contributed by atoms with Crippen LogP contribution >= 0.6 is 0 Å². The summed E-state index contributed by atoms with van der Waals surface area (Å²) in [7, 11) is -4.78. The van der Waals surface area contributed by atoms with E-state index in [1.54, 1.807) is 6.92 Å². The number of halogens is 6. The van der Waals surface area contributed by atoms with Crippen molar-refractivity contribution in [2.24, 2.45) is 0 Å². The van der Waals surface area contributed by atoms with Crippen molar-refractivity contribution in [2.75, 3.05) is 0 Å². The zero-order chi connectivity index (χ0) is 18.3. The summed E-state index contributed by atoms with van der Waals surface area (Å²) < 4.78 is 103. The lowest BCUT2D eigenvalue weighted by Gasteiger charge is -2.24. The largest absolute Gasteiger partial charge is 0.375 e. The molecular weight excluding hydrogens is 364 g/mol. The molecule has 1 heterocycles. The molecular formula is C12H9F6N3O2S. The van der Waals surface area contributed by atoms with Crippen molar-refractivity contribution in [3.8, 4) is 0 Å². The second-order valence-corrected chi connectivity index (χ2v) is 6.66. The zero-order valence-electron chi connectivity index (χ0n) is 11.8. The van der Waals surface area contributed by atoms with Crippen LogP contribution in [0.3, 0.4) is 0 Å². The Morgan fingerprint density at radius 2 is 1.58 bits per heavy atom. The van der Waals surface area contributed by atoms with Crippen molar-refractivity contribution in [1.82, 2.24) is 15.4 Å². The van der Waals surface area contributed by atoms with Crippen molar-refractivity contribution in [1.29, 1.82) is 0 Å². The van der Waals surface area contributed by atoms with Crippen molar-refractivity contribution in [3.05, 3.63) is 35.5 Å². The quantitative estimate of drug-likeness (QED) is 0.818. The van der Waals surface area contributed by atoms with Crippen LogP contribution in [0.4, 0.5) is 26.3 Å². The fourth-order valence-electron chi connectivity index (χ4n) is 1.74. The predicted molar refractivity (Wildman–Crippen MR) is 67.9 cm³/mol. The summed E-state index contributed by atoms with van der Waals surface area (Å²) in [5.41, 5.74) is -1.43. The van der Waals surface area contributed by atoms with E-state index in [0.717, 1.165) is 12.1 Å². The summed E-state index contributed by atoms with van der Waals surface area (Å²) in [6, 6.07) is 4.73. The number of aryl methyl sites for hydroxylation is 1. The lowest BCUT2D eigenvalue weighted by molar-refractivity contribution is -0.273. The van der Waals surface area contributed by atoms with Crippen LogP contribution < -0.4 is 0 Å². The molecule has 0 radical (unpaired) electrons. The van der Waals surface area contributed by atoms with Gasteiger partial charge in [-0.1, -0.05) is 17.7 Å². The molecule has 132 valence electrons. The molecule has 0 aliphatic heterocycles. The highest BCUT2D eigenvalue weighted by atomic mass is 32.2. The molecule has 0 amide bonds. The number of nitrogens with zero attached hydrogens (tertiary/aromatic N) is 2. The first kappa shape index (κ1) is 18.2. The molecule has 0 saturated carbocycles. The SMILES string of the molecule is Cc1ccc(S(=O)(=O)c2n[nH]nc2C(F)(F)C(F)(F)C(F)F)cc1. The zero-order valence-corrected chi connectivity index (χ0v) is 12.6. The maximum atomic E-state index is 13.8. The molecule has 2 aromatic rings. The van der Waals surface area contributed by atoms with Gasteiger partial charge in [-0.25, -0.2) is 17.2 Å². The van der Waals surface area contributed by atoms with Gasteiger partial charge < -0.3 is 0 Å². The summed E-state index contributed by atoms with van der Waals surface area (Å²) >= 11 is 0. The van der Waals surface area contributed by atoms with Gasteiger partial charge in [-0.15, -0.1) is 5.10 Å². The number of hydrogen-bond donors (Lipinski definition) is 1. The Morgan fingerprint density at radius 3 is 2.08 bits per heavy atom. The summed E-state index contributed by atoms with van der Waals surface area (Å²) in [5, 5.41) is 5.53. The van der Waals surface area contributed by atoms with Crippen LogP contribution in [-0.2, 0) is 15.8 Å². The van der Waals surface area contributed by atoms with Gasteiger partial charge in [-0.2, -0.15) is 27.9 Å². The highest BCUT2D eigenvalue weighted by Gasteiger charge is 2.66. The molecule has 0 spiro atoms. The Hall–Kier alpha value is -2.11. The molecule has 0 saturated heterocycles. The van der Waals surface area contributed by atoms with Crippen LogP contribution in [0, 0.1) is 6.92 Å². The smallest absolute Gasteiger partial charge is 0.217 e. The van der Waals surface area contributed by atoms with Crippen molar-refractivity contribution >= 4 is 9.84 Å². The maximum Gasteiger partial charge on any atom is 0.375 e. The molecule has 12 heteroatoms. The normalized spacial score (nSPS) is 13.5. The van der Waals surface area contributed by atoms with Crippen LogP contribution in [0.15, 0.2) is 34.2 Å². The minimum absolute atomic E-state index is 0.528. The summed E-state index contributed by atoms with van der Waals surface area (Å²) in [6.45, 7) is 1.62. The third kappa shape index (κ3) is 2.74. The van der Waals surface area contributed by atoms with Gasteiger partial charge in [0.1, 0.15) is 0 Å². The molecule has 24 heavy (non-hydrogen) atoms. The standard InChI is InChI=1S/C12H9F6N3O2S/c1-6-2-4-7(5-3-6)24(22,23)9-8(19-21-20-9)11(15,16)12(17,18)10(13)14/h2-5,10H,1H3,(H,19,20,21). The Labute approximate surface area is 131 Å².